The molecule has 0 aliphatic carbocycles. The summed E-state index contributed by atoms with van der Waals surface area (Å²) in [6.45, 7) is 9.42. The Labute approximate surface area is 260 Å². The van der Waals surface area contributed by atoms with Gasteiger partial charge in [-0.1, -0.05) is 23.7 Å². The molecule has 1 atom stereocenters. The molecule has 2 aromatic heterocycles. The number of aryl methyl sites for hydroxylation is 2. The van der Waals surface area contributed by atoms with Crippen LogP contribution in [0, 0.1) is 6.92 Å². The second kappa shape index (κ2) is 10.9. The molecule has 0 saturated carbocycles. The van der Waals surface area contributed by atoms with Gasteiger partial charge in [0.2, 0.25) is 0 Å². The Balaban J connectivity index is 1.52. The maximum atomic E-state index is 12.7. The van der Waals surface area contributed by atoms with Crippen molar-refractivity contribution >= 4 is 55.8 Å². The third kappa shape index (κ3) is 5.51. The maximum Gasteiger partial charge on any atom is 0.337 e. The van der Waals surface area contributed by atoms with E-state index in [1.54, 1.807) is 11.3 Å². The average molecular weight is 618 g/mol. The first-order valence-electron chi connectivity index (χ1n) is 14.3. The Morgan fingerprint density at radius 1 is 1.12 bits per heavy atom. The monoisotopic (exact) mass is 617 g/mol. The lowest BCUT2D eigenvalue weighted by molar-refractivity contribution is -0.160. The Bertz CT molecular complexity index is 1850. The van der Waals surface area contributed by atoms with Gasteiger partial charge in [0, 0.05) is 53.3 Å². The molecule has 1 N–H and O–H groups in total. The number of carboxylic acid groups (broad SMARTS) is 1. The SMILES string of the molecule is Cc1cc2nc(-c3ccc4c(c3)c(N3CC(N(C)C)C3)nn4C)sc2c(-c2ccc(Cl)cc2)c1C(OC(C)(C)C)C(=O)O. The molecule has 0 radical (unpaired) electrons. The lowest BCUT2D eigenvalue weighted by Gasteiger charge is -2.43. The summed E-state index contributed by atoms with van der Waals surface area (Å²) in [5.74, 6) is -0.0449. The first-order valence-corrected chi connectivity index (χ1v) is 15.5. The summed E-state index contributed by atoms with van der Waals surface area (Å²) in [6, 6.07) is 16.4. The number of benzene rings is 3. The van der Waals surface area contributed by atoms with Gasteiger partial charge < -0.3 is 19.6 Å². The van der Waals surface area contributed by atoms with E-state index < -0.39 is 17.7 Å². The molecular weight excluding hydrogens is 582 g/mol. The van der Waals surface area contributed by atoms with E-state index in [1.165, 1.54) is 0 Å². The number of nitrogens with zero attached hydrogens (tertiary/aromatic N) is 5. The van der Waals surface area contributed by atoms with Crippen molar-refractivity contribution in [3.05, 3.63) is 64.7 Å². The van der Waals surface area contributed by atoms with Crippen molar-refractivity contribution in [1.29, 1.82) is 0 Å². The van der Waals surface area contributed by atoms with Gasteiger partial charge in [-0.2, -0.15) is 5.10 Å². The zero-order valence-corrected chi connectivity index (χ0v) is 27.0. The number of aliphatic carboxylic acids is 1. The second-order valence-corrected chi connectivity index (χ2v) is 13.9. The van der Waals surface area contributed by atoms with Gasteiger partial charge in [-0.25, -0.2) is 9.78 Å². The molecule has 43 heavy (non-hydrogen) atoms. The molecule has 10 heteroatoms. The summed E-state index contributed by atoms with van der Waals surface area (Å²) in [7, 11) is 6.21. The number of hydrogen-bond acceptors (Lipinski definition) is 7. The lowest BCUT2D eigenvalue weighted by atomic mass is 9.91. The Hall–Kier alpha value is -3.50. The Morgan fingerprint density at radius 3 is 2.42 bits per heavy atom. The first kappa shape index (κ1) is 29.6. The van der Waals surface area contributed by atoms with Crippen LogP contribution < -0.4 is 4.90 Å². The van der Waals surface area contributed by atoms with Crippen LogP contribution in [0.25, 0.3) is 42.8 Å². The van der Waals surface area contributed by atoms with E-state index >= 15 is 0 Å². The molecule has 6 rings (SSSR count). The van der Waals surface area contributed by atoms with Gasteiger partial charge in [-0.05, 0) is 89.3 Å². The molecule has 1 aliphatic heterocycles. The number of aromatic nitrogens is 3. The minimum atomic E-state index is -1.16. The maximum absolute atomic E-state index is 12.7. The van der Waals surface area contributed by atoms with E-state index in [0.29, 0.717) is 16.6 Å². The highest BCUT2D eigenvalue weighted by Gasteiger charge is 2.33. The fraction of sp³-hybridized carbons (Fsp3) is 0.364. The van der Waals surface area contributed by atoms with Gasteiger partial charge >= 0.3 is 5.97 Å². The van der Waals surface area contributed by atoms with Crippen LogP contribution in [0.1, 0.15) is 38.0 Å². The molecule has 8 nitrogen and oxygen atoms in total. The van der Waals surface area contributed by atoms with E-state index in [0.717, 1.165) is 67.3 Å². The number of ether oxygens (including phenoxy) is 1. The molecule has 0 spiro atoms. The number of hydrogen-bond donors (Lipinski definition) is 1. The summed E-state index contributed by atoms with van der Waals surface area (Å²) in [4.78, 5) is 22.3. The Morgan fingerprint density at radius 2 is 1.79 bits per heavy atom. The number of fused-ring (bicyclic) bond motifs is 2. The average Bonchev–Trinajstić information content (AvgIpc) is 3.46. The highest BCUT2D eigenvalue weighted by Crippen LogP contribution is 2.45. The number of carbonyl (C=O) groups is 1. The molecule has 224 valence electrons. The van der Waals surface area contributed by atoms with Crippen LogP contribution in [-0.2, 0) is 16.6 Å². The molecule has 1 fully saturated rings. The van der Waals surface area contributed by atoms with Crippen molar-refractivity contribution in [2.75, 3.05) is 32.1 Å². The summed E-state index contributed by atoms with van der Waals surface area (Å²) in [5.41, 5.74) is 5.33. The minimum Gasteiger partial charge on any atom is -0.479 e. The quantitative estimate of drug-likeness (QED) is 0.207. The minimum absolute atomic E-state index is 0.519. The number of likely N-dealkylation sites (N-methyl/N-ethyl adjacent to an activating group) is 1. The van der Waals surface area contributed by atoms with Gasteiger partial charge in [0.1, 0.15) is 5.01 Å². The third-order valence-electron chi connectivity index (χ3n) is 7.99. The molecule has 5 aromatic rings. The predicted molar refractivity (Wildman–Crippen MR) is 175 cm³/mol. The van der Waals surface area contributed by atoms with Crippen LogP contribution in [0.15, 0.2) is 48.5 Å². The van der Waals surface area contributed by atoms with Crippen molar-refractivity contribution in [2.45, 2.75) is 45.4 Å². The van der Waals surface area contributed by atoms with Gasteiger partial charge in [-0.15, -0.1) is 11.3 Å². The van der Waals surface area contributed by atoms with E-state index in [1.807, 2.05) is 69.8 Å². The van der Waals surface area contributed by atoms with Crippen LogP contribution in [-0.4, -0.2) is 69.6 Å². The van der Waals surface area contributed by atoms with Crippen molar-refractivity contribution in [3.8, 4) is 21.7 Å². The number of carboxylic acids is 1. The van der Waals surface area contributed by atoms with Crippen LogP contribution in [0.2, 0.25) is 5.02 Å². The summed E-state index contributed by atoms with van der Waals surface area (Å²) >= 11 is 7.81. The molecule has 1 aliphatic rings. The van der Waals surface area contributed by atoms with Crippen LogP contribution in [0.5, 0.6) is 0 Å². The van der Waals surface area contributed by atoms with Gasteiger partial charge in [-0.3, -0.25) is 4.68 Å². The standard InChI is InChI=1S/C33H36ClN5O3S/c1-18-14-24-29(27(19-8-11-21(34)12-9-19)26(18)28(32(40)41)42-33(2,3)4)43-31(35-24)20-10-13-25-23(15-20)30(36-38(25)7)39-16-22(17-39)37(5)6/h8-15,22,28H,16-17H2,1-7H3,(H,40,41). The molecule has 1 unspecified atom stereocenters. The van der Waals surface area contributed by atoms with Crippen molar-refractivity contribution in [3.63, 3.8) is 0 Å². The van der Waals surface area contributed by atoms with Crippen LogP contribution >= 0.6 is 22.9 Å². The largest absolute Gasteiger partial charge is 0.479 e. The fourth-order valence-corrected chi connectivity index (χ4v) is 6.98. The van der Waals surface area contributed by atoms with Crippen molar-refractivity contribution in [1.82, 2.24) is 19.7 Å². The molecular formula is C33H36ClN5O3S. The zero-order chi connectivity index (χ0) is 30.8. The summed E-state index contributed by atoms with van der Waals surface area (Å²) < 4.78 is 9.00. The number of thiazole rings is 1. The molecule has 3 heterocycles. The molecule has 0 amide bonds. The number of anilines is 1. The predicted octanol–water partition coefficient (Wildman–Crippen LogP) is 7.17. The first-order chi connectivity index (χ1) is 20.3. The molecule has 0 bridgehead atoms. The summed E-state index contributed by atoms with van der Waals surface area (Å²) in [6.07, 6.45) is -1.16. The summed E-state index contributed by atoms with van der Waals surface area (Å²) in [5, 5.41) is 17.8. The smallest absolute Gasteiger partial charge is 0.337 e. The van der Waals surface area contributed by atoms with Gasteiger partial charge in [0.25, 0.3) is 0 Å². The number of rotatable bonds is 7. The van der Waals surface area contributed by atoms with Crippen molar-refractivity contribution in [2.24, 2.45) is 7.05 Å². The van der Waals surface area contributed by atoms with Crippen molar-refractivity contribution < 1.29 is 14.6 Å². The topological polar surface area (TPSA) is 83.7 Å². The Kier molecular flexibility index (Phi) is 7.49. The molecule has 3 aromatic carbocycles. The van der Waals surface area contributed by atoms with Crippen LogP contribution in [0.4, 0.5) is 5.82 Å². The normalized spacial score (nSPS) is 15.0. The van der Waals surface area contributed by atoms with E-state index in [-0.39, 0.29) is 0 Å². The van der Waals surface area contributed by atoms with Gasteiger partial charge in [0.05, 0.1) is 21.3 Å². The van der Waals surface area contributed by atoms with Gasteiger partial charge in [0.15, 0.2) is 11.9 Å². The molecule has 1 saturated heterocycles. The van der Waals surface area contributed by atoms with E-state index in [2.05, 4.69) is 42.1 Å². The van der Waals surface area contributed by atoms with E-state index in [4.69, 9.17) is 26.4 Å². The number of halogens is 1. The second-order valence-electron chi connectivity index (χ2n) is 12.5. The highest BCUT2D eigenvalue weighted by atomic mass is 35.5. The highest BCUT2D eigenvalue weighted by molar-refractivity contribution is 7.22. The van der Waals surface area contributed by atoms with Crippen LogP contribution in [0.3, 0.4) is 0 Å². The zero-order valence-electron chi connectivity index (χ0n) is 25.5. The fourth-order valence-electron chi connectivity index (χ4n) is 5.73. The van der Waals surface area contributed by atoms with E-state index in [9.17, 15) is 9.90 Å². The lowest BCUT2D eigenvalue weighted by Crippen LogP contribution is -2.57. The third-order valence-corrected chi connectivity index (χ3v) is 9.38.